The van der Waals surface area contributed by atoms with Gasteiger partial charge < -0.3 is 5.32 Å². The van der Waals surface area contributed by atoms with Gasteiger partial charge in [-0.15, -0.1) is 10.2 Å². The summed E-state index contributed by atoms with van der Waals surface area (Å²) in [5, 5.41) is 12.8. The van der Waals surface area contributed by atoms with Crippen LogP contribution in [0, 0.1) is 5.92 Å². The van der Waals surface area contributed by atoms with Crippen molar-refractivity contribution in [1.29, 1.82) is 0 Å². The molecule has 0 radical (unpaired) electrons. The van der Waals surface area contributed by atoms with E-state index in [1.165, 1.54) is 5.56 Å². The van der Waals surface area contributed by atoms with Crippen LogP contribution in [0.1, 0.15) is 19.4 Å². The maximum atomic E-state index is 4.46. The van der Waals surface area contributed by atoms with Crippen molar-refractivity contribution in [2.45, 2.75) is 34.1 Å². The normalized spacial score (nSPS) is 11.2. The van der Waals surface area contributed by atoms with Crippen LogP contribution in [0.25, 0.3) is 0 Å². The Balaban J connectivity index is 2.03. The number of rotatable bonds is 7. The average Bonchev–Trinajstić information content (AvgIpc) is 2.88. The zero-order chi connectivity index (χ0) is 14.4. The van der Waals surface area contributed by atoms with E-state index in [0.29, 0.717) is 5.92 Å². The Bertz CT molecular complexity index is 542. The largest absolute Gasteiger partial charge is 0.312 e. The molecule has 2 heterocycles. The Kier molecular flexibility index (Phi) is 6.28. The van der Waals surface area contributed by atoms with Crippen LogP contribution >= 0.6 is 34.9 Å². The molecule has 1 N–H and O–H groups in total. The van der Waals surface area contributed by atoms with E-state index >= 15 is 0 Å². The van der Waals surface area contributed by atoms with E-state index in [0.717, 1.165) is 26.8 Å². The van der Waals surface area contributed by atoms with Gasteiger partial charge in [-0.1, -0.05) is 43.0 Å². The van der Waals surface area contributed by atoms with Gasteiger partial charge in [-0.25, -0.2) is 4.98 Å². The molecule has 7 heteroatoms. The summed E-state index contributed by atoms with van der Waals surface area (Å²) in [6.07, 6.45) is 3.84. The monoisotopic (exact) mass is 326 g/mol. The lowest BCUT2D eigenvalue weighted by Gasteiger charge is -2.09. The molecule has 2 aromatic heterocycles. The second-order valence-corrected chi connectivity index (χ2v) is 7.90. The van der Waals surface area contributed by atoms with Gasteiger partial charge in [-0.3, -0.25) is 0 Å². The Morgan fingerprint density at radius 3 is 2.80 bits per heavy atom. The molecule has 2 aromatic rings. The third-order valence-corrected chi connectivity index (χ3v) is 5.48. The average molecular weight is 327 g/mol. The molecule has 0 fully saturated rings. The lowest BCUT2D eigenvalue weighted by Crippen LogP contribution is -2.19. The predicted molar refractivity (Wildman–Crippen MR) is 86.6 cm³/mol. The topological polar surface area (TPSA) is 50.7 Å². The van der Waals surface area contributed by atoms with Crippen molar-refractivity contribution in [1.82, 2.24) is 20.5 Å². The molecule has 0 aliphatic rings. The first kappa shape index (κ1) is 15.8. The fourth-order valence-corrected chi connectivity index (χ4v) is 3.99. The van der Waals surface area contributed by atoms with Crippen molar-refractivity contribution in [3.63, 3.8) is 0 Å². The number of nitrogens with zero attached hydrogens (tertiary/aromatic N) is 3. The molecule has 108 valence electrons. The minimum atomic E-state index is 0.648. The van der Waals surface area contributed by atoms with Crippen LogP contribution in [-0.2, 0) is 6.54 Å². The second kappa shape index (κ2) is 7.97. The van der Waals surface area contributed by atoms with Crippen molar-refractivity contribution in [3.8, 4) is 0 Å². The minimum absolute atomic E-state index is 0.648. The molecule has 20 heavy (non-hydrogen) atoms. The molecule has 0 aliphatic carbocycles. The standard InChI is InChI=1S/C13H18N4S3/c1-9(2)7-14-8-10-5-4-6-15-11(10)19-13-17-16-12(18-3)20-13/h4-6,9,14H,7-8H2,1-3H3. The fourth-order valence-electron chi connectivity index (χ4n) is 1.55. The van der Waals surface area contributed by atoms with Gasteiger partial charge in [0.2, 0.25) is 0 Å². The highest BCUT2D eigenvalue weighted by atomic mass is 32.2. The van der Waals surface area contributed by atoms with Gasteiger partial charge in [0, 0.05) is 12.7 Å². The number of hydrogen-bond donors (Lipinski definition) is 1. The molecule has 0 saturated carbocycles. The molecule has 0 amide bonds. The summed E-state index contributed by atoms with van der Waals surface area (Å²) in [6, 6.07) is 4.09. The Labute approximate surface area is 132 Å². The van der Waals surface area contributed by atoms with E-state index in [1.54, 1.807) is 34.9 Å². The van der Waals surface area contributed by atoms with Gasteiger partial charge in [0.1, 0.15) is 5.03 Å². The summed E-state index contributed by atoms with van der Waals surface area (Å²) < 4.78 is 1.93. The first-order chi connectivity index (χ1) is 9.69. The minimum Gasteiger partial charge on any atom is -0.312 e. The zero-order valence-corrected chi connectivity index (χ0v) is 14.2. The first-order valence-electron chi connectivity index (χ1n) is 6.39. The van der Waals surface area contributed by atoms with Crippen molar-refractivity contribution in [2.24, 2.45) is 5.92 Å². The predicted octanol–water partition coefficient (Wildman–Crippen LogP) is 3.55. The highest BCUT2D eigenvalue weighted by Gasteiger charge is 2.10. The molecular weight excluding hydrogens is 308 g/mol. The van der Waals surface area contributed by atoms with Crippen LogP contribution in [-0.4, -0.2) is 28.0 Å². The third kappa shape index (κ3) is 4.73. The van der Waals surface area contributed by atoms with Gasteiger partial charge in [0.25, 0.3) is 0 Å². The Hall–Kier alpha value is -0.630. The van der Waals surface area contributed by atoms with Gasteiger partial charge in [0.15, 0.2) is 8.68 Å². The van der Waals surface area contributed by atoms with E-state index in [-0.39, 0.29) is 0 Å². The summed E-state index contributed by atoms with van der Waals surface area (Å²) in [5.41, 5.74) is 1.21. The number of thioether (sulfide) groups is 1. The molecule has 4 nitrogen and oxygen atoms in total. The van der Waals surface area contributed by atoms with Crippen molar-refractivity contribution >= 4 is 34.9 Å². The second-order valence-electron chi connectivity index (χ2n) is 4.63. The zero-order valence-electron chi connectivity index (χ0n) is 11.8. The maximum absolute atomic E-state index is 4.46. The first-order valence-corrected chi connectivity index (χ1v) is 9.24. The third-order valence-electron chi connectivity index (χ3n) is 2.46. The van der Waals surface area contributed by atoms with Crippen molar-refractivity contribution in [3.05, 3.63) is 23.9 Å². The summed E-state index contributed by atoms with van der Waals surface area (Å²) in [4.78, 5) is 4.46. The molecule has 0 unspecified atom stereocenters. The lowest BCUT2D eigenvalue weighted by atomic mass is 10.2. The lowest BCUT2D eigenvalue weighted by molar-refractivity contribution is 0.549. The molecule has 0 aliphatic heterocycles. The van der Waals surface area contributed by atoms with E-state index in [1.807, 2.05) is 18.5 Å². The van der Waals surface area contributed by atoms with Crippen LogP contribution in [0.15, 0.2) is 32.0 Å². The smallest absolute Gasteiger partial charge is 0.181 e. The number of hydrogen-bond acceptors (Lipinski definition) is 7. The number of aromatic nitrogens is 3. The quantitative estimate of drug-likeness (QED) is 0.785. The van der Waals surface area contributed by atoms with E-state index in [9.17, 15) is 0 Å². The number of nitrogens with one attached hydrogen (secondary N) is 1. The Morgan fingerprint density at radius 2 is 2.10 bits per heavy atom. The van der Waals surface area contributed by atoms with Crippen LogP contribution in [0.2, 0.25) is 0 Å². The van der Waals surface area contributed by atoms with Crippen molar-refractivity contribution in [2.75, 3.05) is 12.8 Å². The van der Waals surface area contributed by atoms with Crippen LogP contribution in [0.4, 0.5) is 0 Å². The molecular formula is C13H18N4S3. The maximum Gasteiger partial charge on any atom is 0.181 e. The molecule has 0 aromatic carbocycles. The SMILES string of the molecule is CSc1nnc(Sc2ncccc2CNCC(C)C)s1. The molecule has 0 atom stereocenters. The van der Waals surface area contributed by atoms with Gasteiger partial charge >= 0.3 is 0 Å². The molecule has 0 bridgehead atoms. The molecule has 0 saturated heterocycles. The van der Waals surface area contributed by atoms with E-state index < -0.39 is 0 Å². The molecule has 2 rings (SSSR count). The fraction of sp³-hybridized carbons (Fsp3) is 0.462. The number of pyridine rings is 1. The van der Waals surface area contributed by atoms with E-state index in [4.69, 9.17) is 0 Å². The van der Waals surface area contributed by atoms with Crippen LogP contribution in [0.5, 0.6) is 0 Å². The summed E-state index contributed by atoms with van der Waals surface area (Å²) in [6.45, 7) is 6.26. The summed E-state index contributed by atoms with van der Waals surface area (Å²) in [7, 11) is 0. The summed E-state index contributed by atoms with van der Waals surface area (Å²) >= 11 is 4.82. The van der Waals surface area contributed by atoms with Crippen LogP contribution in [0.3, 0.4) is 0 Å². The van der Waals surface area contributed by atoms with Gasteiger partial charge in [-0.05, 0) is 42.1 Å². The van der Waals surface area contributed by atoms with Gasteiger partial charge in [-0.2, -0.15) is 0 Å². The highest BCUT2D eigenvalue weighted by Crippen LogP contribution is 2.33. The van der Waals surface area contributed by atoms with Gasteiger partial charge in [0.05, 0.1) is 0 Å². The Morgan fingerprint density at radius 1 is 1.30 bits per heavy atom. The van der Waals surface area contributed by atoms with Crippen molar-refractivity contribution < 1.29 is 0 Å². The molecule has 0 spiro atoms. The van der Waals surface area contributed by atoms with E-state index in [2.05, 4.69) is 40.4 Å². The highest BCUT2D eigenvalue weighted by molar-refractivity contribution is 8.03. The van der Waals surface area contributed by atoms with Crippen LogP contribution < -0.4 is 5.32 Å². The summed E-state index contributed by atoms with van der Waals surface area (Å²) in [5.74, 6) is 0.648.